The third-order valence-corrected chi connectivity index (χ3v) is 5.51. The summed E-state index contributed by atoms with van der Waals surface area (Å²) in [5, 5.41) is 5.82. The van der Waals surface area contributed by atoms with Crippen molar-refractivity contribution in [2.75, 3.05) is 36.5 Å². The van der Waals surface area contributed by atoms with E-state index >= 15 is 0 Å². The lowest BCUT2D eigenvalue weighted by Crippen LogP contribution is -2.34. The normalized spacial score (nSPS) is 16.0. The zero-order chi connectivity index (χ0) is 18.2. The summed E-state index contributed by atoms with van der Waals surface area (Å²) in [7, 11) is 0. The number of hydrogen-bond donors (Lipinski definition) is 2. The Morgan fingerprint density at radius 2 is 2.00 bits per heavy atom. The molecule has 1 atom stereocenters. The summed E-state index contributed by atoms with van der Waals surface area (Å²) in [6.45, 7) is 5.44. The molecule has 1 unspecified atom stereocenters. The van der Waals surface area contributed by atoms with Gasteiger partial charge in [-0.15, -0.1) is 0 Å². The van der Waals surface area contributed by atoms with Gasteiger partial charge in [0.1, 0.15) is 0 Å². The van der Waals surface area contributed by atoms with Crippen LogP contribution in [0.15, 0.2) is 48.8 Å². The van der Waals surface area contributed by atoms with E-state index < -0.39 is 0 Å². The predicted molar refractivity (Wildman–Crippen MR) is 109 cm³/mol. The summed E-state index contributed by atoms with van der Waals surface area (Å²) in [6, 6.07) is 11.6. The molecule has 2 heterocycles. The molecular formula is C20H26N4OS. The van der Waals surface area contributed by atoms with Gasteiger partial charge in [0.15, 0.2) is 0 Å². The van der Waals surface area contributed by atoms with Crippen molar-refractivity contribution < 1.29 is 4.79 Å². The number of anilines is 1. The number of carbonyl (C=O) groups is 1. The van der Waals surface area contributed by atoms with E-state index in [1.165, 1.54) is 30.2 Å². The molecule has 2 aromatic rings. The molecule has 6 heteroatoms. The molecule has 26 heavy (non-hydrogen) atoms. The first-order valence-electron chi connectivity index (χ1n) is 9.07. The van der Waals surface area contributed by atoms with Crippen molar-refractivity contribution in [2.45, 2.75) is 19.4 Å². The number of aromatic nitrogens is 1. The molecule has 0 spiro atoms. The van der Waals surface area contributed by atoms with Crippen molar-refractivity contribution in [1.82, 2.24) is 15.2 Å². The Bertz CT molecular complexity index is 687. The Kier molecular flexibility index (Phi) is 6.91. The van der Waals surface area contributed by atoms with Gasteiger partial charge in [-0.25, -0.2) is 4.79 Å². The Morgan fingerprint density at radius 3 is 2.69 bits per heavy atom. The van der Waals surface area contributed by atoms with Gasteiger partial charge >= 0.3 is 6.03 Å². The number of benzene rings is 1. The van der Waals surface area contributed by atoms with Gasteiger partial charge in [0.2, 0.25) is 0 Å². The van der Waals surface area contributed by atoms with Crippen molar-refractivity contribution >= 4 is 23.5 Å². The summed E-state index contributed by atoms with van der Waals surface area (Å²) in [5.74, 6) is 2.49. The molecule has 2 N–H and O–H groups in total. The number of amides is 2. The number of nitrogens with one attached hydrogen (secondary N) is 2. The van der Waals surface area contributed by atoms with Crippen LogP contribution in [0.4, 0.5) is 10.5 Å². The first-order chi connectivity index (χ1) is 12.7. The summed E-state index contributed by atoms with van der Waals surface area (Å²) < 4.78 is 0. The van der Waals surface area contributed by atoms with Crippen LogP contribution in [0, 0.1) is 0 Å². The van der Waals surface area contributed by atoms with Crippen molar-refractivity contribution in [2.24, 2.45) is 0 Å². The Hall–Kier alpha value is -2.05. The van der Waals surface area contributed by atoms with Gasteiger partial charge in [0.25, 0.3) is 0 Å². The molecule has 2 amide bonds. The molecule has 1 aromatic carbocycles. The number of carbonyl (C=O) groups excluding carboxylic acids is 1. The first kappa shape index (κ1) is 18.7. The van der Waals surface area contributed by atoms with Gasteiger partial charge in [-0.3, -0.25) is 4.98 Å². The van der Waals surface area contributed by atoms with E-state index in [2.05, 4.69) is 32.7 Å². The van der Waals surface area contributed by atoms with Crippen molar-refractivity contribution in [1.29, 1.82) is 0 Å². The molecule has 5 nitrogen and oxygen atoms in total. The standard InChI is InChI=1S/C20H26N4OS/c1-16(18-3-2-9-21-15-18)22-20(25)23-19-6-4-17(5-7-19)8-10-24-11-13-26-14-12-24/h2-7,9,15-16H,8,10-14H2,1H3,(H2,22,23,25). The van der Waals surface area contributed by atoms with Crippen LogP contribution in [0.5, 0.6) is 0 Å². The highest BCUT2D eigenvalue weighted by Crippen LogP contribution is 2.14. The van der Waals surface area contributed by atoms with Crippen LogP contribution in [0.3, 0.4) is 0 Å². The van der Waals surface area contributed by atoms with Crippen LogP contribution in [-0.2, 0) is 6.42 Å². The Balaban J connectivity index is 1.45. The third-order valence-electron chi connectivity index (χ3n) is 4.56. The zero-order valence-electron chi connectivity index (χ0n) is 15.1. The second kappa shape index (κ2) is 9.59. The molecule has 1 aliphatic heterocycles. The average Bonchev–Trinajstić information content (AvgIpc) is 2.69. The van der Waals surface area contributed by atoms with Crippen LogP contribution in [-0.4, -0.2) is 47.1 Å². The summed E-state index contributed by atoms with van der Waals surface area (Å²) in [4.78, 5) is 18.8. The van der Waals surface area contributed by atoms with E-state index in [9.17, 15) is 4.79 Å². The number of rotatable bonds is 6. The number of pyridine rings is 1. The van der Waals surface area contributed by atoms with Crippen molar-refractivity contribution in [3.63, 3.8) is 0 Å². The molecule has 1 aliphatic rings. The molecule has 0 radical (unpaired) electrons. The minimum atomic E-state index is -0.208. The molecule has 3 rings (SSSR count). The van der Waals surface area contributed by atoms with Crippen molar-refractivity contribution in [3.05, 3.63) is 59.9 Å². The predicted octanol–water partition coefficient (Wildman–Crippen LogP) is 3.56. The fourth-order valence-electron chi connectivity index (χ4n) is 2.95. The lowest BCUT2D eigenvalue weighted by Gasteiger charge is -2.26. The second-order valence-corrected chi connectivity index (χ2v) is 7.73. The SMILES string of the molecule is CC(NC(=O)Nc1ccc(CCN2CCSCC2)cc1)c1cccnc1. The van der Waals surface area contributed by atoms with Crippen LogP contribution < -0.4 is 10.6 Å². The maximum absolute atomic E-state index is 12.2. The lowest BCUT2D eigenvalue weighted by molar-refractivity contribution is 0.249. The van der Waals surface area contributed by atoms with Crippen LogP contribution in [0.25, 0.3) is 0 Å². The summed E-state index contributed by atoms with van der Waals surface area (Å²) >= 11 is 2.04. The second-order valence-electron chi connectivity index (χ2n) is 6.51. The highest BCUT2D eigenvalue weighted by Gasteiger charge is 2.11. The molecule has 0 bridgehead atoms. The smallest absolute Gasteiger partial charge is 0.319 e. The van der Waals surface area contributed by atoms with E-state index in [1.807, 2.05) is 43.0 Å². The van der Waals surface area contributed by atoms with E-state index in [1.54, 1.807) is 12.4 Å². The van der Waals surface area contributed by atoms with E-state index in [4.69, 9.17) is 0 Å². The van der Waals surface area contributed by atoms with Gasteiger partial charge in [-0.1, -0.05) is 18.2 Å². The zero-order valence-corrected chi connectivity index (χ0v) is 16.0. The first-order valence-corrected chi connectivity index (χ1v) is 10.2. The summed E-state index contributed by atoms with van der Waals surface area (Å²) in [5.41, 5.74) is 3.09. The number of nitrogens with zero attached hydrogens (tertiary/aromatic N) is 2. The highest BCUT2D eigenvalue weighted by molar-refractivity contribution is 7.99. The maximum Gasteiger partial charge on any atom is 0.319 e. The molecule has 138 valence electrons. The van der Waals surface area contributed by atoms with Crippen LogP contribution >= 0.6 is 11.8 Å². The topological polar surface area (TPSA) is 57.3 Å². The minimum Gasteiger partial charge on any atom is -0.331 e. The number of thioether (sulfide) groups is 1. The third kappa shape index (κ3) is 5.75. The molecule has 1 fully saturated rings. The van der Waals surface area contributed by atoms with Gasteiger partial charge in [0, 0.05) is 49.2 Å². The van der Waals surface area contributed by atoms with E-state index in [0.717, 1.165) is 24.2 Å². The van der Waals surface area contributed by atoms with Crippen molar-refractivity contribution in [3.8, 4) is 0 Å². The average molecular weight is 371 g/mol. The molecular weight excluding hydrogens is 344 g/mol. The maximum atomic E-state index is 12.2. The Morgan fingerprint density at radius 1 is 1.23 bits per heavy atom. The van der Waals surface area contributed by atoms with Gasteiger partial charge < -0.3 is 15.5 Å². The van der Waals surface area contributed by atoms with Gasteiger partial charge in [0.05, 0.1) is 6.04 Å². The minimum absolute atomic E-state index is 0.0920. The fourth-order valence-corrected chi connectivity index (χ4v) is 3.92. The number of urea groups is 1. The highest BCUT2D eigenvalue weighted by atomic mass is 32.2. The van der Waals surface area contributed by atoms with Crippen LogP contribution in [0.2, 0.25) is 0 Å². The summed E-state index contributed by atoms with van der Waals surface area (Å²) in [6.07, 6.45) is 4.54. The molecule has 1 aromatic heterocycles. The van der Waals surface area contributed by atoms with Crippen LogP contribution in [0.1, 0.15) is 24.1 Å². The monoisotopic (exact) mass is 370 g/mol. The van der Waals surface area contributed by atoms with E-state index in [0.29, 0.717) is 0 Å². The lowest BCUT2D eigenvalue weighted by atomic mass is 10.1. The molecule has 0 saturated carbocycles. The molecule has 0 aliphatic carbocycles. The van der Waals surface area contributed by atoms with Gasteiger partial charge in [-0.05, 0) is 42.7 Å². The quantitative estimate of drug-likeness (QED) is 0.816. The van der Waals surface area contributed by atoms with Gasteiger partial charge in [-0.2, -0.15) is 11.8 Å². The largest absolute Gasteiger partial charge is 0.331 e. The molecule has 1 saturated heterocycles. The Labute approximate surface area is 159 Å². The van der Waals surface area contributed by atoms with E-state index in [-0.39, 0.29) is 12.1 Å². The number of hydrogen-bond acceptors (Lipinski definition) is 4. The fraction of sp³-hybridized carbons (Fsp3) is 0.400.